The SMILES string of the molecule is NCCCN(CCCCNC(=O)CCC(=O)O)C(c1ccccc1)(c1ccccc1)c1ccccc1. The molecular formula is C30H37N3O3. The van der Waals surface area contributed by atoms with Gasteiger partial charge in [0.05, 0.1) is 12.0 Å². The van der Waals surface area contributed by atoms with E-state index < -0.39 is 11.5 Å². The van der Waals surface area contributed by atoms with Gasteiger partial charge in [-0.05, 0) is 49.0 Å². The molecule has 0 saturated carbocycles. The summed E-state index contributed by atoms with van der Waals surface area (Å²) in [6.45, 7) is 2.76. The number of carbonyl (C=O) groups is 2. The average molecular weight is 488 g/mol. The largest absolute Gasteiger partial charge is 0.481 e. The third-order valence-corrected chi connectivity index (χ3v) is 6.42. The number of nitrogens with zero attached hydrogens (tertiary/aromatic N) is 1. The monoisotopic (exact) mass is 487 g/mol. The van der Waals surface area contributed by atoms with Gasteiger partial charge in [-0.3, -0.25) is 14.5 Å². The van der Waals surface area contributed by atoms with Crippen molar-refractivity contribution in [1.29, 1.82) is 0 Å². The number of benzene rings is 3. The fraction of sp³-hybridized carbons (Fsp3) is 0.333. The van der Waals surface area contributed by atoms with E-state index >= 15 is 0 Å². The Morgan fingerprint density at radius 2 is 1.19 bits per heavy atom. The second kappa shape index (κ2) is 14.2. The number of carboxylic acid groups (broad SMARTS) is 1. The van der Waals surface area contributed by atoms with Crippen LogP contribution in [0.2, 0.25) is 0 Å². The number of hydrogen-bond acceptors (Lipinski definition) is 4. The van der Waals surface area contributed by atoms with Crippen LogP contribution in [0.5, 0.6) is 0 Å². The first-order valence-corrected chi connectivity index (χ1v) is 12.7. The zero-order valence-electron chi connectivity index (χ0n) is 20.8. The summed E-state index contributed by atoms with van der Waals surface area (Å²) in [5.41, 5.74) is 9.07. The molecule has 0 spiro atoms. The van der Waals surface area contributed by atoms with Crippen molar-refractivity contribution < 1.29 is 14.7 Å². The van der Waals surface area contributed by atoms with Crippen molar-refractivity contribution >= 4 is 11.9 Å². The van der Waals surface area contributed by atoms with E-state index in [9.17, 15) is 9.59 Å². The molecule has 0 aliphatic rings. The van der Waals surface area contributed by atoms with Crippen LogP contribution in [0.4, 0.5) is 0 Å². The molecule has 190 valence electrons. The molecule has 1 amide bonds. The van der Waals surface area contributed by atoms with Crippen LogP contribution in [-0.2, 0) is 15.1 Å². The Morgan fingerprint density at radius 1 is 0.722 bits per heavy atom. The molecule has 6 heteroatoms. The van der Waals surface area contributed by atoms with Gasteiger partial charge < -0.3 is 16.2 Å². The van der Waals surface area contributed by atoms with Crippen molar-refractivity contribution in [2.75, 3.05) is 26.2 Å². The summed E-state index contributed by atoms with van der Waals surface area (Å²) in [6, 6.07) is 31.8. The predicted molar refractivity (Wildman–Crippen MR) is 144 cm³/mol. The molecule has 0 atom stereocenters. The summed E-state index contributed by atoms with van der Waals surface area (Å²) < 4.78 is 0. The minimum atomic E-state index is -0.959. The lowest BCUT2D eigenvalue weighted by Gasteiger charge is -2.46. The van der Waals surface area contributed by atoms with Gasteiger partial charge in [-0.1, -0.05) is 91.0 Å². The van der Waals surface area contributed by atoms with E-state index in [4.69, 9.17) is 10.8 Å². The van der Waals surface area contributed by atoms with Crippen LogP contribution in [0.25, 0.3) is 0 Å². The number of hydrogen-bond donors (Lipinski definition) is 3. The minimum Gasteiger partial charge on any atom is -0.481 e. The van der Waals surface area contributed by atoms with Crippen LogP contribution in [-0.4, -0.2) is 48.1 Å². The lowest BCUT2D eigenvalue weighted by Crippen LogP contribution is -2.49. The second-order valence-corrected chi connectivity index (χ2v) is 8.89. The molecule has 0 aromatic heterocycles. The van der Waals surface area contributed by atoms with Crippen molar-refractivity contribution in [2.24, 2.45) is 5.73 Å². The van der Waals surface area contributed by atoms with Gasteiger partial charge in [0, 0.05) is 19.5 Å². The Labute approximate surface area is 214 Å². The Bertz CT molecular complexity index is 962. The summed E-state index contributed by atoms with van der Waals surface area (Å²) in [6.07, 6.45) is 2.40. The van der Waals surface area contributed by atoms with E-state index in [1.54, 1.807) is 0 Å². The highest BCUT2D eigenvalue weighted by atomic mass is 16.4. The molecule has 3 rings (SSSR count). The van der Waals surface area contributed by atoms with Crippen molar-refractivity contribution in [3.63, 3.8) is 0 Å². The third-order valence-electron chi connectivity index (χ3n) is 6.42. The Hall–Kier alpha value is -3.48. The van der Waals surface area contributed by atoms with Crippen LogP contribution >= 0.6 is 0 Å². The summed E-state index contributed by atoms with van der Waals surface area (Å²) in [7, 11) is 0. The first-order valence-electron chi connectivity index (χ1n) is 12.7. The fourth-order valence-corrected chi connectivity index (χ4v) is 4.78. The maximum Gasteiger partial charge on any atom is 0.303 e. The van der Waals surface area contributed by atoms with Crippen LogP contribution < -0.4 is 11.1 Å². The number of nitrogens with one attached hydrogen (secondary N) is 1. The van der Waals surface area contributed by atoms with Crippen LogP contribution in [0.15, 0.2) is 91.0 Å². The quantitative estimate of drug-likeness (QED) is 0.218. The molecule has 0 aliphatic carbocycles. The van der Waals surface area contributed by atoms with Gasteiger partial charge in [0.15, 0.2) is 0 Å². The second-order valence-electron chi connectivity index (χ2n) is 8.89. The molecular weight excluding hydrogens is 450 g/mol. The molecule has 0 saturated heterocycles. The molecule has 4 N–H and O–H groups in total. The van der Waals surface area contributed by atoms with E-state index in [1.165, 1.54) is 16.7 Å². The van der Waals surface area contributed by atoms with E-state index in [1.807, 2.05) is 18.2 Å². The molecule has 0 bridgehead atoms. The maximum atomic E-state index is 11.9. The Balaban J connectivity index is 1.91. The number of carbonyl (C=O) groups excluding carboxylic acids is 1. The zero-order valence-corrected chi connectivity index (χ0v) is 20.8. The van der Waals surface area contributed by atoms with Crippen LogP contribution in [0.3, 0.4) is 0 Å². The molecule has 6 nitrogen and oxygen atoms in total. The summed E-state index contributed by atoms with van der Waals surface area (Å²) in [4.78, 5) is 25.1. The summed E-state index contributed by atoms with van der Waals surface area (Å²) in [5.74, 6) is -1.18. The highest BCUT2D eigenvalue weighted by molar-refractivity contribution is 5.80. The molecule has 0 fully saturated rings. The molecule has 0 aliphatic heterocycles. The van der Waals surface area contributed by atoms with Crippen LogP contribution in [0, 0.1) is 0 Å². The fourth-order valence-electron chi connectivity index (χ4n) is 4.78. The highest BCUT2D eigenvalue weighted by Crippen LogP contribution is 2.42. The van der Waals surface area contributed by atoms with E-state index in [0.717, 1.165) is 32.4 Å². The summed E-state index contributed by atoms with van der Waals surface area (Å²) >= 11 is 0. The van der Waals surface area contributed by atoms with Gasteiger partial charge in [0.25, 0.3) is 0 Å². The first-order chi connectivity index (χ1) is 17.6. The number of aliphatic carboxylic acids is 1. The smallest absolute Gasteiger partial charge is 0.303 e. The van der Waals surface area contributed by atoms with Crippen LogP contribution in [0.1, 0.15) is 48.8 Å². The molecule has 3 aromatic rings. The lowest BCUT2D eigenvalue weighted by atomic mass is 9.75. The summed E-state index contributed by atoms with van der Waals surface area (Å²) in [5, 5.41) is 11.6. The van der Waals surface area contributed by atoms with Gasteiger partial charge in [0.2, 0.25) is 5.91 Å². The first kappa shape index (κ1) is 27.1. The number of amides is 1. The van der Waals surface area contributed by atoms with E-state index in [2.05, 4.69) is 83.0 Å². The van der Waals surface area contributed by atoms with E-state index in [0.29, 0.717) is 13.1 Å². The molecule has 0 unspecified atom stereocenters. The van der Waals surface area contributed by atoms with Crippen molar-refractivity contribution in [1.82, 2.24) is 10.2 Å². The molecule has 36 heavy (non-hydrogen) atoms. The van der Waals surface area contributed by atoms with Crippen molar-refractivity contribution in [3.8, 4) is 0 Å². The van der Waals surface area contributed by atoms with Gasteiger partial charge >= 0.3 is 5.97 Å². The molecule has 3 aromatic carbocycles. The number of unbranched alkanes of at least 4 members (excludes halogenated alkanes) is 1. The van der Waals surface area contributed by atoms with Crippen molar-refractivity contribution in [3.05, 3.63) is 108 Å². The predicted octanol–water partition coefficient (Wildman–Crippen LogP) is 4.39. The number of nitrogens with two attached hydrogens (primary N) is 1. The maximum absolute atomic E-state index is 11.9. The van der Waals surface area contributed by atoms with Gasteiger partial charge in [0.1, 0.15) is 0 Å². The van der Waals surface area contributed by atoms with Gasteiger partial charge in [-0.25, -0.2) is 0 Å². The minimum absolute atomic E-state index is 0.0110. The zero-order chi connectivity index (χ0) is 25.6. The highest BCUT2D eigenvalue weighted by Gasteiger charge is 2.41. The molecule has 0 heterocycles. The Kier molecular flexibility index (Phi) is 10.7. The van der Waals surface area contributed by atoms with Gasteiger partial charge in [-0.2, -0.15) is 0 Å². The number of carboxylic acids is 1. The molecule has 0 radical (unpaired) electrons. The normalized spacial score (nSPS) is 11.4. The lowest BCUT2D eigenvalue weighted by molar-refractivity contribution is -0.138. The van der Waals surface area contributed by atoms with E-state index in [-0.39, 0.29) is 18.7 Å². The average Bonchev–Trinajstić information content (AvgIpc) is 2.92. The van der Waals surface area contributed by atoms with Crippen molar-refractivity contribution in [2.45, 2.75) is 37.6 Å². The standard InChI is InChI=1S/C30H37N3O3/c31-21-12-24-33(23-11-10-22-32-28(34)19-20-29(35)36)30(25-13-4-1-5-14-25,26-15-6-2-7-16-26)27-17-8-3-9-18-27/h1-9,13-18H,10-12,19-24,31H2,(H,32,34)(H,35,36). The van der Waals surface area contributed by atoms with Gasteiger partial charge in [-0.15, -0.1) is 0 Å². The topological polar surface area (TPSA) is 95.7 Å². The Morgan fingerprint density at radius 3 is 1.64 bits per heavy atom. The third kappa shape index (κ3) is 7.03. The number of rotatable bonds is 15.